The van der Waals surface area contributed by atoms with Crippen LogP contribution in [0, 0.1) is 5.82 Å². The van der Waals surface area contributed by atoms with Gasteiger partial charge in [-0.25, -0.2) is 4.39 Å². The summed E-state index contributed by atoms with van der Waals surface area (Å²) in [5.74, 6) is -0.490. The summed E-state index contributed by atoms with van der Waals surface area (Å²) < 4.78 is 13.5. The van der Waals surface area contributed by atoms with Crippen LogP contribution in [0.4, 0.5) is 15.8 Å². The molecule has 0 unspecified atom stereocenters. The Kier molecular flexibility index (Phi) is 4.39. The maximum absolute atomic E-state index is 13.5. The van der Waals surface area contributed by atoms with Crippen LogP contribution in [0.5, 0.6) is 0 Å². The Morgan fingerprint density at radius 3 is 2.89 bits per heavy atom. The van der Waals surface area contributed by atoms with Crippen molar-refractivity contribution in [3.8, 4) is 0 Å². The zero-order chi connectivity index (χ0) is 13.8. The lowest BCUT2D eigenvalue weighted by molar-refractivity contribution is -0.114. The number of rotatable bonds is 4. The zero-order valence-corrected chi connectivity index (χ0v) is 11.7. The zero-order valence-electron chi connectivity index (χ0n) is 10.2. The van der Waals surface area contributed by atoms with Crippen molar-refractivity contribution in [3.05, 3.63) is 45.4 Å². The molecule has 1 aromatic carbocycles. The van der Waals surface area contributed by atoms with Crippen molar-refractivity contribution < 1.29 is 9.18 Å². The van der Waals surface area contributed by atoms with Gasteiger partial charge in [0.1, 0.15) is 5.82 Å². The van der Waals surface area contributed by atoms with Gasteiger partial charge < -0.3 is 10.6 Å². The van der Waals surface area contributed by atoms with E-state index in [-0.39, 0.29) is 11.7 Å². The number of benzene rings is 1. The number of carbonyl (C=O) groups is 1. The van der Waals surface area contributed by atoms with Crippen molar-refractivity contribution in [2.24, 2.45) is 0 Å². The third-order valence-electron chi connectivity index (χ3n) is 2.42. The molecular formula is C13H12ClFN2OS. The van der Waals surface area contributed by atoms with E-state index in [4.69, 9.17) is 11.6 Å². The van der Waals surface area contributed by atoms with Crippen LogP contribution in [0.3, 0.4) is 0 Å². The highest BCUT2D eigenvalue weighted by molar-refractivity contribution is 7.10. The molecule has 0 bridgehead atoms. The Morgan fingerprint density at radius 1 is 1.37 bits per heavy atom. The largest absolute Gasteiger partial charge is 0.378 e. The van der Waals surface area contributed by atoms with Gasteiger partial charge in [0.2, 0.25) is 5.91 Å². The molecule has 100 valence electrons. The molecule has 0 saturated heterocycles. The molecule has 0 atom stereocenters. The lowest BCUT2D eigenvalue weighted by atomic mass is 10.3. The Hall–Kier alpha value is -1.59. The van der Waals surface area contributed by atoms with E-state index in [1.807, 2.05) is 11.4 Å². The minimum Gasteiger partial charge on any atom is -0.378 e. The number of hydrogen-bond donors (Lipinski definition) is 2. The average molecular weight is 299 g/mol. The molecule has 0 saturated carbocycles. The van der Waals surface area contributed by atoms with E-state index in [0.717, 1.165) is 10.6 Å². The molecule has 0 aliphatic carbocycles. The van der Waals surface area contributed by atoms with Crippen LogP contribution in [0.25, 0.3) is 0 Å². The van der Waals surface area contributed by atoms with E-state index in [1.54, 1.807) is 0 Å². The number of thiophene rings is 1. The summed E-state index contributed by atoms with van der Waals surface area (Å²) in [6.07, 6.45) is 0. The molecule has 1 aromatic heterocycles. The third-order valence-corrected chi connectivity index (χ3v) is 3.58. The molecule has 0 radical (unpaired) electrons. The molecule has 19 heavy (non-hydrogen) atoms. The standard InChI is InChI=1S/C13H12ClFN2OS/c1-8(18)17-11-4-5-19-13(11)7-16-12-6-9(14)2-3-10(12)15/h2-6,16H,7H2,1H3,(H,17,18). The van der Waals surface area contributed by atoms with Crippen molar-refractivity contribution in [1.82, 2.24) is 0 Å². The Labute approximate surface area is 119 Å². The fourth-order valence-electron chi connectivity index (χ4n) is 1.59. The quantitative estimate of drug-likeness (QED) is 0.892. The summed E-state index contributed by atoms with van der Waals surface area (Å²) in [5, 5.41) is 8.04. The first kappa shape index (κ1) is 13.8. The third kappa shape index (κ3) is 3.68. The van der Waals surface area contributed by atoms with Gasteiger partial charge in [0.15, 0.2) is 0 Å². The van der Waals surface area contributed by atoms with Gasteiger partial charge in [-0.15, -0.1) is 11.3 Å². The van der Waals surface area contributed by atoms with E-state index in [0.29, 0.717) is 17.3 Å². The minimum absolute atomic E-state index is 0.131. The van der Waals surface area contributed by atoms with Gasteiger partial charge in [0.25, 0.3) is 0 Å². The highest BCUT2D eigenvalue weighted by Crippen LogP contribution is 2.25. The van der Waals surface area contributed by atoms with Crippen LogP contribution in [-0.4, -0.2) is 5.91 Å². The summed E-state index contributed by atoms with van der Waals surface area (Å²) in [6, 6.07) is 6.16. The molecule has 0 spiro atoms. The first-order valence-corrected chi connectivity index (χ1v) is 6.85. The SMILES string of the molecule is CC(=O)Nc1ccsc1CNc1cc(Cl)ccc1F. The van der Waals surface area contributed by atoms with Crippen LogP contribution < -0.4 is 10.6 Å². The first-order valence-electron chi connectivity index (χ1n) is 5.59. The fourth-order valence-corrected chi connectivity index (χ4v) is 2.53. The topological polar surface area (TPSA) is 41.1 Å². The summed E-state index contributed by atoms with van der Waals surface area (Å²) in [4.78, 5) is 12.0. The van der Waals surface area contributed by atoms with Crippen LogP contribution >= 0.6 is 22.9 Å². The smallest absolute Gasteiger partial charge is 0.221 e. The molecule has 1 amide bonds. The summed E-state index contributed by atoms with van der Waals surface area (Å²) in [7, 11) is 0. The van der Waals surface area contributed by atoms with Gasteiger partial charge in [-0.3, -0.25) is 4.79 Å². The monoisotopic (exact) mass is 298 g/mol. The molecule has 0 aliphatic heterocycles. The molecular weight excluding hydrogens is 287 g/mol. The fraction of sp³-hybridized carbons (Fsp3) is 0.154. The number of halogens is 2. The van der Waals surface area contributed by atoms with Gasteiger partial charge in [-0.2, -0.15) is 0 Å². The van der Waals surface area contributed by atoms with Crippen LogP contribution in [0.15, 0.2) is 29.6 Å². The maximum Gasteiger partial charge on any atom is 0.221 e. The molecule has 3 nitrogen and oxygen atoms in total. The van der Waals surface area contributed by atoms with Gasteiger partial charge in [-0.1, -0.05) is 11.6 Å². The predicted octanol–water partition coefficient (Wildman–Crippen LogP) is 4.11. The van der Waals surface area contributed by atoms with Crippen molar-refractivity contribution in [3.63, 3.8) is 0 Å². The van der Waals surface area contributed by atoms with E-state index < -0.39 is 0 Å². The minimum atomic E-state index is -0.359. The summed E-state index contributed by atoms with van der Waals surface area (Å²) >= 11 is 7.30. The second-order valence-corrected chi connectivity index (χ2v) is 5.35. The van der Waals surface area contributed by atoms with Crippen molar-refractivity contribution >= 4 is 40.2 Å². The number of anilines is 2. The van der Waals surface area contributed by atoms with Crippen LogP contribution in [0.2, 0.25) is 5.02 Å². The molecule has 1 heterocycles. The number of amides is 1. The molecule has 0 aliphatic rings. The maximum atomic E-state index is 13.5. The summed E-state index contributed by atoms with van der Waals surface area (Å²) in [6.45, 7) is 1.87. The first-order chi connectivity index (χ1) is 9.06. The van der Waals surface area contributed by atoms with Gasteiger partial charge in [0, 0.05) is 16.8 Å². The second-order valence-electron chi connectivity index (χ2n) is 3.92. The normalized spacial score (nSPS) is 10.3. The van der Waals surface area contributed by atoms with E-state index in [2.05, 4.69) is 10.6 Å². The Bertz CT molecular complexity index is 600. The molecule has 0 fully saturated rings. The summed E-state index contributed by atoms with van der Waals surface area (Å²) in [5.41, 5.74) is 1.09. The highest BCUT2D eigenvalue weighted by atomic mass is 35.5. The number of nitrogens with one attached hydrogen (secondary N) is 2. The predicted molar refractivity (Wildman–Crippen MR) is 77.4 cm³/mol. The number of hydrogen-bond acceptors (Lipinski definition) is 3. The lowest BCUT2D eigenvalue weighted by Gasteiger charge is -2.09. The molecule has 2 aromatic rings. The Morgan fingerprint density at radius 2 is 2.16 bits per heavy atom. The Balaban J connectivity index is 2.08. The molecule has 2 rings (SSSR count). The second kappa shape index (κ2) is 6.04. The van der Waals surface area contributed by atoms with Gasteiger partial charge >= 0.3 is 0 Å². The molecule has 2 N–H and O–H groups in total. The van der Waals surface area contributed by atoms with Crippen molar-refractivity contribution in [2.45, 2.75) is 13.5 Å². The van der Waals surface area contributed by atoms with Crippen LogP contribution in [-0.2, 0) is 11.3 Å². The van der Waals surface area contributed by atoms with E-state index >= 15 is 0 Å². The van der Waals surface area contributed by atoms with Gasteiger partial charge in [0.05, 0.1) is 17.9 Å². The molecule has 6 heteroatoms. The highest BCUT2D eigenvalue weighted by Gasteiger charge is 2.07. The van der Waals surface area contributed by atoms with Crippen molar-refractivity contribution in [1.29, 1.82) is 0 Å². The van der Waals surface area contributed by atoms with Crippen molar-refractivity contribution in [2.75, 3.05) is 10.6 Å². The average Bonchev–Trinajstić information content (AvgIpc) is 2.77. The lowest BCUT2D eigenvalue weighted by Crippen LogP contribution is -2.08. The van der Waals surface area contributed by atoms with E-state index in [9.17, 15) is 9.18 Å². The van der Waals surface area contributed by atoms with Gasteiger partial charge in [-0.05, 0) is 29.6 Å². The van der Waals surface area contributed by atoms with Crippen LogP contribution in [0.1, 0.15) is 11.8 Å². The van der Waals surface area contributed by atoms with E-state index in [1.165, 1.54) is 36.5 Å². The number of carbonyl (C=O) groups excluding carboxylic acids is 1.